The zero-order valence-corrected chi connectivity index (χ0v) is 6.01. The average molecular weight is 133 g/mol. The van der Waals surface area contributed by atoms with E-state index in [1.807, 2.05) is 0 Å². The summed E-state index contributed by atoms with van der Waals surface area (Å²) < 4.78 is 0. The van der Waals surface area contributed by atoms with E-state index in [2.05, 4.69) is 5.32 Å². The summed E-state index contributed by atoms with van der Waals surface area (Å²) in [5, 5.41) is 11.0. The molecule has 0 fully saturated rings. The van der Waals surface area contributed by atoms with Crippen molar-refractivity contribution in [3.63, 3.8) is 0 Å². The molecule has 0 heterocycles. The van der Waals surface area contributed by atoms with E-state index in [0.29, 0.717) is 0 Å². The smallest absolute Gasteiger partial charge is 0.224 e. The predicted molar refractivity (Wildman–Crippen MR) is 36.8 cm³/mol. The maximum Gasteiger partial charge on any atom is 0.224 e. The number of amides is 1. The van der Waals surface area contributed by atoms with E-state index in [1.54, 1.807) is 13.8 Å². The van der Waals surface area contributed by atoms with E-state index in [4.69, 9.17) is 5.11 Å². The monoisotopic (exact) mass is 133 g/mol. The standard InChI is InChI=1S/C6H13NO2.H2/c1-4(2)6(9)7-5(3)8;/h4-5,8H,1-3H3,(H,7,9);1H/t5-;/m0./s1. The Hall–Kier alpha value is -0.570. The number of aliphatic hydroxyl groups is 1. The minimum Gasteiger partial charge on any atom is -0.374 e. The van der Waals surface area contributed by atoms with Crippen molar-refractivity contribution >= 4 is 5.91 Å². The maximum atomic E-state index is 10.7. The first-order chi connectivity index (χ1) is 4.04. The zero-order valence-electron chi connectivity index (χ0n) is 6.01. The summed E-state index contributed by atoms with van der Waals surface area (Å²) in [5.74, 6) is -0.176. The van der Waals surface area contributed by atoms with Crippen LogP contribution >= 0.6 is 0 Å². The number of carbonyl (C=O) groups excluding carboxylic acids is 1. The lowest BCUT2D eigenvalue weighted by molar-refractivity contribution is -0.126. The summed E-state index contributed by atoms with van der Waals surface area (Å²) in [4.78, 5) is 10.7. The van der Waals surface area contributed by atoms with Gasteiger partial charge in [-0.05, 0) is 6.92 Å². The number of nitrogens with one attached hydrogen (secondary N) is 1. The molecule has 9 heavy (non-hydrogen) atoms. The van der Waals surface area contributed by atoms with Crippen molar-refractivity contribution in [1.29, 1.82) is 0 Å². The second-order valence-corrected chi connectivity index (χ2v) is 2.34. The van der Waals surface area contributed by atoms with Crippen LogP contribution in [0.5, 0.6) is 0 Å². The van der Waals surface area contributed by atoms with E-state index in [0.717, 1.165) is 0 Å². The van der Waals surface area contributed by atoms with Crippen LogP contribution in [0.25, 0.3) is 0 Å². The van der Waals surface area contributed by atoms with E-state index in [-0.39, 0.29) is 13.3 Å². The summed E-state index contributed by atoms with van der Waals surface area (Å²) >= 11 is 0. The molecule has 0 rings (SSSR count). The molecule has 0 radical (unpaired) electrons. The summed E-state index contributed by atoms with van der Waals surface area (Å²) in [6.07, 6.45) is -0.736. The van der Waals surface area contributed by atoms with Gasteiger partial charge in [-0.2, -0.15) is 0 Å². The Bertz CT molecular complexity index is 104. The molecule has 0 aliphatic heterocycles. The predicted octanol–water partition coefficient (Wildman–Crippen LogP) is 0.343. The highest BCUT2D eigenvalue weighted by molar-refractivity contribution is 5.77. The van der Waals surface area contributed by atoms with Crippen LogP contribution in [0.15, 0.2) is 0 Å². The van der Waals surface area contributed by atoms with Gasteiger partial charge in [0.25, 0.3) is 0 Å². The average Bonchev–Trinajstić information content (AvgIpc) is 1.63. The molecule has 1 atom stereocenters. The number of aliphatic hydroxyl groups excluding tert-OH is 1. The second-order valence-electron chi connectivity index (χ2n) is 2.34. The topological polar surface area (TPSA) is 49.3 Å². The molecule has 0 aromatic carbocycles. The highest BCUT2D eigenvalue weighted by Gasteiger charge is 2.06. The quantitative estimate of drug-likeness (QED) is 0.534. The fraction of sp³-hybridized carbons (Fsp3) is 0.833. The lowest BCUT2D eigenvalue weighted by Crippen LogP contribution is -2.35. The van der Waals surface area contributed by atoms with Crippen molar-refractivity contribution < 1.29 is 11.3 Å². The minimum atomic E-state index is -0.736. The maximum absolute atomic E-state index is 10.7. The molecular formula is C6H15NO2. The van der Waals surface area contributed by atoms with Gasteiger partial charge >= 0.3 is 0 Å². The molecule has 56 valence electrons. The molecule has 0 aromatic rings. The molecule has 1 amide bonds. The lowest BCUT2D eigenvalue weighted by atomic mass is 10.2. The summed E-state index contributed by atoms with van der Waals surface area (Å²) in [7, 11) is 0. The Morgan fingerprint density at radius 1 is 1.56 bits per heavy atom. The molecule has 0 aromatic heterocycles. The molecule has 3 nitrogen and oxygen atoms in total. The van der Waals surface area contributed by atoms with Crippen molar-refractivity contribution in [1.82, 2.24) is 5.32 Å². The van der Waals surface area contributed by atoms with Gasteiger partial charge in [-0.1, -0.05) is 13.8 Å². The summed E-state index contributed by atoms with van der Waals surface area (Å²) in [6.45, 7) is 5.07. The van der Waals surface area contributed by atoms with Crippen LogP contribution in [0.1, 0.15) is 22.2 Å². The first kappa shape index (κ1) is 8.43. The van der Waals surface area contributed by atoms with E-state index in [9.17, 15) is 4.79 Å². The lowest BCUT2D eigenvalue weighted by Gasteiger charge is -2.08. The van der Waals surface area contributed by atoms with Gasteiger partial charge in [0.15, 0.2) is 0 Å². The van der Waals surface area contributed by atoms with Crippen LogP contribution in [0.3, 0.4) is 0 Å². The largest absolute Gasteiger partial charge is 0.374 e. The molecule has 0 aliphatic rings. The highest BCUT2D eigenvalue weighted by atomic mass is 16.3. The molecular weight excluding hydrogens is 118 g/mol. The van der Waals surface area contributed by atoms with Crippen molar-refractivity contribution in [3.05, 3.63) is 0 Å². The van der Waals surface area contributed by atoms with Crippen LogP contribution in [0, 0.1) is 5.92 Å². The van der Waals surface area contributed by atoms with Crippen LogP contribution in [-0.4, -0.2) is 17.2 Å². The third-order valence-corrected chi connectivity index (χ3v) is 0.876. The third-order valence-electron chi connectivity index (χ3n) is 0.876. The number of hydrogen-bond acceptors (Lipinski definition) is 2. The van der Waals surface area contributed by atoms with Crippen LogP contribution < -0.4 is 5.32 Å². The number of carbonyl (C=O) groups is 1. The number of hydrogen-bond donors (Lipinski definition) is 2. The Morgan fingerprint density at radius 2 is 2.00 bits per heavy atom. The molecule has 0 saturated carbocycles. The zero-order chi connectivity index (χ0) is 7.44. The van der Waals surface area contributed by atoms with Crippen LogP contribution in [0.2, 0.25) is 0 Å². The van der Waals surface area contributed by atoms with Crippen molar-refractivity contribution in [2.45, 2.75) is 27.0 Å². The van der Waals surface area contributed by atoms with Gasteiger partial charge in [-0.3, -0.25) is 4.79 Å². The highest BCUT2D eigenvalue weighted by Crippen LogP contribution is 1.90. The molecule has 0 spiro atoms. The van der Waals surface area contributed by atoms with Gasteiger partial charge in [0.05, 0.1) is 0 Å². The van der Waals surface area contributed by atoms with Gasteiger partial charge in [-0.25, -0.2) is 0 Å². The van der Waals surface area contributed by atoms with Gasteiger partial charge in [-0.15, -0.1) is 0 Å². The van der Waals surface area contributed by atoms with Crippen LogP contribution in [0.4, 0.5) is 0 Å². The van der Waals surface area contributed by atoms with E-state index in [1.165, 1.54) is 6.92 Å². The van der Waals surface area contributed by atoms with Gasteiger partial charge < -0.3 is 10.4 Å². The molecule has 3 heteroatoms. The fourth-order valence-corrected chi connectivity index (χ4v) is 0.373. The SMILES string of the molecule is CC(C)C(=O)N[C@H](C)O.[HH]. The van der Waals surface area contributed by atoms with Crippen molar-refractivity contribution in [3.8, 4) is 0 Å². The van der Waals surface area contributed by atoms with Crippen molar-refractivity contribution in [2.24, 2.45) is 5.92 Å². The third kappa shape index (κ3) is 3.97. The van der Waals surface area contributed by atoms with Gasteiger partial charge in [0.2, 0.25) is 5.91 Å². The molecule has 2 N–H and O–H groups in total. The first-order valence-electron chi connectivity index (χ1n) is 3.02. The summed E-state index contributed by atoms with van der Waals surface area (Å²) in [6, 6.07) is 0. The first-order valence-corrected chi connectivity index (χ1v) is 3.02. The molecule has 0 unspecified atom stereocenters. The number of rotatable bonds is 2. The normalized spacial score (nSPS) is 13.4. The molecule has 0 bridgehead atoms. The second kappa shape index (κ2) is 3.45. The Balaban J connectivity index is 0. The molecule has 0 aliphatic carbocycles. The Morgan fingerprint density at radius 3 is 2.11 bits per heavy atom. The van der Waals surface area contributed by atoms with Crippen molar-refractivity contribution in [2.75, 3.05) is 0 Å². The van der Waals surface area contributed by atoms with Gasteiger partial charge in [0.1, 0.15) is 6.23 Å². The Labute approximate surface area is 56.6 Å². The molecule has 0 saturated heterocycles. The van der Waals surface area contributed by atoms with E-state index < -0.39 is 6.23 Å². The van der Waals surface area contributed by atoms with E-state index >= 15 is 0 Å². The van der Waals surface area contributed by atoms with Crippen LogP contribution in [-0.2, 0) is 4.79 Å². The Kier molecular flexibility index (Phi) is 3.24. The fourth-order valence-electron chi connectivity index (χ4n) is 0.373. The minimum absolute atomic E-state index is 0. The van der Waals surface area contributed by atoms with Gasteiger partial charge in [0, 0.05) is 7.34 Å². The summed E-state index contributed by atoms with van der Waals surface area (Å²) in [5.41, 5.74) is 0.